The Labute approximate surface area is 191 Å². The number of sulfonamides is 1. The molecule has 6 nitrogen and oxygen atoms in total. The Morgan fingerprint density at radius 3 is 2.12 bits per heavy atom. The molecular weight excluding hydrogens is 424 g/mol. The first-order valence-corrected chi connectivity index (χ1v) is 12.3. The minimum Gasteiger partial charge on any atom is -0.456 e. The summed E-state index contributed by atoms with van der Waals surface area (Å²) in [5, 5.41) is 12.6. The molecule has 3 rings (SSSR count). The van der Waals surface area contributed by atoms with Crippen LogP contribution in [0, 0.1) is 0 Å². The first-order chi connectivity index (χ1) is 14.8. The highest BCUT2D eigenvalue weighted by molar-refractivity contribution is 7.91. The predicted molar refractivity (Wildman–Crippen MR) is 128 cm³/mol. The Balaban J connectivity index is 1.99. The summed E-state index contributed by atoms with van der Waals surface area (Å²) in [4.78, 5) is 0. The fraction of sp³-hybridized carbons (Fsp3) is 0.480. The maximum atomic E-state index is 13.5. The van der Waals surface area contributed by atoms with E-state index >= 15 is 0 Å². The first-order valence-electron chi connectivity index (χ1n) is 10.9. The van der Waals surface area contributed by atoms with Crippen molar-refractivity contribution in [3.63, 3.8) is 0 Å². The third-order valence-electron chi connectivity index (χ3n) is 6.44. The van der Waals surface area contributed by atoms with Gasteiger partial charge in [0.2, 0.25) is 0 Å². The number of hydrogen-bond acceptors (Lipinski definition) is 5. The molecular formula is C25H34N2O4S. The van der Waals surface area contributed by atoms with E-state index in [0.29, 0.717) is 12.0 Å². The fourth-order valence-corrected chi connectivity index (χ4v) is 5.58. The Bertz CT molecular complexity index is 1070. The average molecular weight is 459 g/mol. The number of amidine groups is 1. The summed E-state index contributed by atoms with van der Waals surface area (Å²) >= 11 is 0. The highest BCUT2D eigenvalue weighted by Gasteiger charge is 2.58. The van der Waals surface area contributed by atoms with E-state index in [4.69, 9.17) is 4.74 Å². The lowest BCUT2D eigenvalue weighted by molar-refractivity contribution is 0.0393. The molecule has 1 aliphatic rings. The molecule has 0 aliphatic carbocycles. The number of ether oxygens (including phenoxy) is 1. The number of nitrogens with zero attached hydrogens (tertiary/aromatic N) is 1. The summed E-state index contributed by atoms with van der Waals surface area (Å²) in [6.07, 6.45) is 0.387. The van der Waals surface area contributed by atoms with E-state index in [1.165, 1.54) is 0 Å². The number of nitrogens with one attached hydrogen (secondary N) is 1. The molecule has 7 heteroatoms. The van der Waals surface area contributed by atoms with Crippen LogP contribution in [0.25, 0.3) is 0 Å². The molecule has 0 amide bonds. The summed E-state index contributed by atoms with van der Waals surface area (Å²) in [7, 11) is -3.99. The number of aliphatic hydroxyl groups is 1. The molecule has 174 valence electrons. The van der Waals surface area contributed by atoms with Crippen molar-refractivity contribution in [3.05, 3.63) is 71.3 Å². The molecule has 32 heavy (non-hydrogen) atoms. The standard InChI is InChI=1S/C25H34N2O4S/c1-23(2,3)19-12-14-20(15-13-19)25(6)24(4,5)31-22(27-32(25,29)30)26-21(16-17-28)18-10-8-7-9-11-18/h7-15,21,28H,16-17H2,1-6H3,(H,26,27)/t21-,25?/m0/s1. The van der Waals surface area contributed by atoms with E-state index in [1.807, 2.05) is 54.6 Å². The van der Waals surface area contributed by atoms with Crippen LogP contribution in [0.1, 0.15) is 70.7 Å². The fourth-order valence-electron chi connectivity index (χ4n) is 4.00. The van der Waals surface area contributed by atoms with Gasteiger partial charge in [0.1, 0.15) is 5.60 Å². The van der Waals surface area contributed by atoms with E-state index in [9.17, 15) is 13.5 Å². The van der Waals surface area contributed by atoms with Crippen LogP contribution in [0.5, 0.6) is 0 Å². The van der Waals surface area contributed by atoms with Gasteiger partial charge in [-0.1, -0.05) is 75.4 Å². The molecule has 0 aromatic heterocycles. The van der Waals surface area contributed by atoms with Gasteiger partial charge in [-0.15, -0.1) is 4.40 Å². The zero-order valence-electron chi connectivity index (χ0n) is 19.7. The lowest BCUT2D eigenvalue weighted by Gasteiger charge is -2.45. The molecule has 0 fully saturated rings. The molecule has 2 atom stereocenters. The third-order valence-corrected chi connectivity index (χ3v) is 8.60. The van der Waals surface area contributed by atoms with Crippen molar-refractivity contribution in [1.82, 2.24) is 5.32 Å². The second-order valence-corrected chi connectivity index (χ2v) is 11.9. The van der Waals surface area contributed by atoms with Crippen molar-refractivity contribution >= 4 is 16.0 Å². The van der Waals surface area contributed by atoms with E-state index in [0.717, 1.165) is 11.1 Å². The normalized spacial score (nSPS) is 23.0. The van der Waals surface area contributed by atoms with Gasteiger partial charge in [-0.3, -0.25) is 0 Å². The van der Waals surface area contributed by atoms with Crippen LogP contribution in [0.4, 0.5) is 0 Å². The van der Waals surface area contributed by atoms with E-state index in [-0.39, 0.29) is 24.1 Å². The Kier molecular flexibility index (Phi) is 6.46. The van der Waals surface area contributed by atoms with Crippen molar-refractivity contribution in [2.24, 2.45) is 4.40 Å². The van der Waals surface area contributed by atoms with Crippen LogP contribution in [0.15, 0.2) is 59.0 Å². The molecule has 2 aromatic carbocycles. The molecule has 1 heterocycles. The summed E-state index contributed by atoms with van der Waals surface area (Å²) in [6.45, 7) is 11.5. The van der Waals surface area contributed by atoms with E-state index in [1.54, 1.807) is 20.8 Å². The summed E-state index contributed by atoms with van der Waals surface area (Å²) in [5.41, 5.74) is 1.53. The minimum absolute atomic E-state index is 0.0364. The predicted octanol–water partition coefficient (Wildman–Crippen LogP) is 4.41. The monoisotopic (exact) mass is 458 g/mol. The van der Waals surface area contributed by atoms with E-state index in [2.05, 4.69) is 30.5 Å². The zero-order chi connectivity index (χ0) is 23.8. The van der Waals surface area contributed by atoms with Crippen LogP contribution in [0.2, 0.25) is 0 Å². The lowest BCUT2D eigenvalue weighted by atomic mass is 9.81. The largest absolute Gasteiger partial charge is 0.456 e. The van der Waals surface area contributed by atoms with Crippen molar-refractivity contribution in [2.75, 3.05) is 6.61 Å². The summed E-state index contributed by atoms with van der Waals surface area (Å²) < 4.78 is 35.9. The Morgan fingerprint density at radius 2 is 1.62 bits per heavy atom. The van der Waals surface area contributed by atoms with Gasteiger partial charge in [0.25, 0.3) is 10.0 Å². The Morgan fingerprint density at radius 1 is 1.03 bits per heavy atom. The molecule has 0 saturated heterocycles. The van der Waals surface area contributed by atoms with Crippen molar-refractivity contribution in [3.8, 4) is 0 Å². The van der Waals surface area contributed by atoms with Gasteiger partial charge in [-0.25, -0.2) is 8.42 Å². The van der Waals surface area contributed by atoms with Gasteiger partial charge >= 0.3 is 6.02 Å². The van der Waals surface area contributed by atoms with Crippen LogP contribution in [-0.2, 0) is 24.9 Å². The SMILES string of the molecule is CC(C)(C)c1ccc(C2(C)C(C)(C)OC(N[C@@H](CCO)c3ccccc3)=NS2(=O)=O)cc1. The van der Waals surface area contributed by atoms with Gasteiger partial charge in [0.15, 0.2) is 4.75 Å². The third kappa shape index (κ3) is 4.41. The Hall–Kier alpha value is -2.38. The molecule has 1 unspecified atom stereocenters. The molecule has 0 saturated carbocycles. The second kappa shape index (κ2) is 8.52. The van der Waals surface area contributed by atoms with Crippen LogP contribution in [0.3, 0.4) is 0 Å². The summed E-state index contributed by atoms with van der Waals surface area (Å²) in [6, 6.07) is 16.8. The topological polar surface area (TPSA) is 88.0 Å². The zero-order valence-corrected chi connectivity index (χ0v) is 20.5. The lowest BCUT2D eigenvalue weighted by Crippen LogP contribution is -2.58. The van der Waals surface area contributed by atoms with E-state index < -0.39 is 20.4 Å². The highest BCUT2D eigenvalue weighted by atomic mass is 32.2. The smallest absolute Gasteiger partial charge is 0.301 e. The number of hydrogen-bond donors (Lipinski definition) is 2. The quantitative estimate of drug-likeness (QED) is 0.693. The number of rotatable bonds is 5. The number of aliphatic hydroxyl groups excluding tert-OH is 1. The van der Waals surface area contributed by atoms with Gasteiger partial charge in [0.05, 0.1) is 6.04 Å². The van der Waals surface area contributed by atoms with Gasteiger partial charge < -0.3 is 15.2 Å². The second-order valence-electron chi connectivity index (χ2n) is 9.96. The molecule has 0 radical (unpaired) electrons. The molecule has 2 N–H and O–H groups in total. The first kappa shape index (κ1) is 24.3. The number of benzene rings is 2. The van der Waals surface area contributed by atoms with Crippen LogP contribution in [-0.4, -0.2) is 31.8 Å². The van der Waals surface area contributed by atoms with Crippen molar-refractivity contribution in [2.45, 2.75) is 69.8 Å². The van der Waals surface area contributed by atoms with Crippen LogP contribution < -0.4 is 5.32 Å². The van der Waals surface area contributed by atoms with Crippen LogP contribution >= 0.6 is 0 Å². The van der Waals surface area contributed by atoms with Crippen molar-refractivity contribution < 1.29 is 18.3 Å². The molecule has 2 aromatic rings. The van der Waals surface area contributed by atoms with Gasteiger partial charge in [0, 0.05) is 6.61 Å². The van der Waals surface area contributed by atoms with Gasteiger partial charge in [-0.05, 0) is 49.3 Å². The average Bonchev–Trinajstić information content (AvgIpc) is 2.71. The molecule has 0 spiro atoms. The van der Waals surface area contributed by atoms with Crippen molar-refractivity contribution in [1.29, 1.82) is 0 Å². The highest BCUT2D eigenvalue weighted by Crippen LogP contribution is 2.46. The molecule has 0 bridgehead atoms. The maximum Gasteiger partial charge on any atom is 0.301 e. The minimum atomic E-state index is -3.99. The summed E-state index contributed by atoms with van der Waals surface area (Å²) in [5.74, 6) is 0. The molecule has 1 aliphatic heterocycles. The maximum absolute atomic E-state index is 13.5. The van der Waals surface area contributed by atoms with Gasteiger partial charge in [-0.2, -0.15) is 0 Å².